The van der Waals surface area contributed by atoms with Crippen molar-refractivity contribution in [3.8, 4) is 0 Å². The predicted molar refractivity (Wildman–Crippen MR) is 52.3 cm³/mol. The van der Waals surface area contributed by atoms with Crippen molar-refractivity contribution in [2.75, 3.05) is 11.9 Å². The van der Waals surface area contributed by atoms with Crippen molar-refractivity contribution in [2.45, 2.75) is 6.18 Å². The van der Waals surface area contributed by atoms with Crippen LogP contribution in [0.1, 0.15) is 10.4 Å². The van der Waals surface area contributed by atoms with Crippen LogP contribution in [0.2, 0.25) is 0 Å². The van der Waals surface area contributed by atoms with Crippen molar-refractivity contribution in [1.29, 1.82) is 0 Å². The molecule has 0 saturated carbocycles. The lowest BCUT2D eigenvalue weighted by Crippen LogP contribution is -2.23. The molecule has 0 spiro atoms. The van der Waals surface area contributed by atoms with Crippen molar-refractivity contribution < 1.29 is 32.6 Å². The minimum atomic E-state index is -4.62. The molecular formula is C8H6F3NO4S. The van der Waals surface area contributed by atoms with Gasteiger partial charge in [-0.25, -0.2) is 9.59 Å². The summed E-state index contributed by atoms with van der Waals surface area (Å²) in [5, 5.41) is 11.9. The molecule has 1 amide bonds. The van der Waals surface area contributed by atoms with Gasteiger partial charge < -0.3 is 9.84 Å². The van der Waals surface area contributed by atoms with Crippen LogP contribution in [0.4, 0.5) is 23.0 Å². The summed E-state index contributed by atoms with van der Waals surface area (Å²) in [6, 6.07) is 1.21. The Morgan fingerprint density at radius 3 is 2.65 bits per heavy atom. The molecule has 94 valence electrons. The van der Waals surface area contributed by atoms with Crippen molar-refractivity contribution in [1.82, 2.24) is 0 Å². The van der Waals surface area contributed by atoms with Gasteiger partial charge in [-0.3, -0.25) is 5.32 Å². The van der Waals surface area contributed by atoms with Crippen LogP contribution in [-0.4, -0.2) is 30.0 Å². The third kappa shape index (κ3) is 4.31. The fourth-order valence-electron chi connectivity index (χ4n) is 0.851. The summed E-state index contributed by atoms with van der Waals surface area (Å²) < 4.78 is 39.0. The number of aromatic carboxylic acids is 1. The number of carbonyl (C=O) groups is 2. The molecule has 0 aromatic carbocycles. The normalized spacial score (nSPS) is 11.0. The van der Waals surface area contributed by atoms with Gasteiger partial charge in [-0.05, 0) is 11.4 Å². The van der Waals surface area contributed by atoms with Crippen LogP contribution in [0.5, 0.6) is 0 Å². The molecule has 0 aliphatic rings. The summed E-state index contributed by atoms with van der Waals surface area (Å²) in [7, 11) is 0. The Morgan fingerprint density at radius 1 is 1.47 bits per heavy atom. The smallest absolute Gasteiger partial charge is 0.422 e. The predicted octanol–water partition coefficient (Wildman–Crippen LogP) is 2.56. The van der Waals surface area contributed by atoms with E-state index >= 15 is 0 Å². The van der Waals surface area contributed by atoms with E-state index in [4.69, 9.17) is 5.11 Å². The van der Waals surface area contributed by atoms with Gasteiger partial charge in [-0.2, -0.15) is 13.2 Å². The second-order valence-electron chi connectivity index (χ2n) is 2.78. The zero-order valence-electron chi connectivity index (χ0n) is 8.08. The molecule has 1 aromatic rings. The van der Waals surface area contributed by atoms with Gasteiger partial charge in [0.05, 0.1) is 5.56 Å². The van der Waals surface area contributed by atoms with E-state index in [1.165, 1.54) is 11.4 Å². The Balaban J connectivity index is 2.57. The molecule has 0 unspecified atom stereocenters. The van der Waals surface area contributed by atoms with Crippen LogP contribution in [0.15, 0.2) is 11.4 Å². The Bertz CT molecular complexity index is 429. The second-order valence-corrected chi connectivity index (χ2v) is 3.70. The zero-order chi connectivity index (χ0) is 13.1. The third-order valence-electron chi connectivity index (χ3n) is 1.48. The lowest BCUT2D eigenvalue weighted by molar-refractivity contribution is -0.159. The Kier molecular flexibility index (Phi) is 3.94. The number of ether oxygens (including phenoxy) is 1. The molecule has 0 aliphatic carbocycles. The number of amides is 1. The number of hydrogen-bond acceptors (Lipinski definition) is 4. The molecule has 5 nitrogen and oxygen atoms in total. The van der Waals surface area contributed by atoms with Gasteiger partial charge in [0.25, 0.3) is 0 Å². The number of rotatable bonds is 3. The maximum absolute atomic E-state index is 11.7. The topological polar surface area (TPSA) is 75.6 Å². The van der Waals surface area contributed by atoms with Gasteiger partial charge in [-0.15, -0.1) is 11.3 Å². The van der Waals surface area contributed by atoms with Crippen molar-refractivity contribution in [3.05, 3.63) is 17.0 Å². The molecule has 9 heteroatoms. The largest absolute Gasteiger partial charge is 0.478 e. The summed E-state index contributed by atoms with van der Waals surface area (Å²) in [5.41, 5.74) is -0.209. The summed E-state index contributed by atoms with van der Waals surface area (Å²) in [5.74, 6) is -1.29. The molecule has 2 N–H and O–H groups in total. The first-order valence-corrected chi connectivity index (χ1v) is 4.99. The van der Waals surface area contributed by atoms with E-state index in [-0.39, 0.29) is 10.6 Å². The lowest BCUT2D eigenvalue weighted by Gasteiger charge is -2.08. The van der Waals surface area contributed by atoms with E-state index in [9.17, 15) is 22.8 Å². The van der Waals surface area contributed by atoms with E-state index in [2.05, 4.69) is 4.74 Å². The van der Waals surface area contributed by atoms with E-state index in [1.807, 2.05) is 5.32 Å². The first-order chi connectivity index (χ1) is 7.79. The average molecular weight is 269 g/mol. The van der Waals surface area contributed by atoms with E-state index in [0.29, 0.717) is 0 Å². The standard InChI is InChI=1S/C8H6F3NO4S/c9-8(10,11)3-16-7(15)12-5-4(6(13)14)1-2-17-5/h1-2H,3H2,(H,12,15)(H,13,14). The highest BCUT2D eigenvalue weighted by molar-refractivity contribution is 7.14. The van der Waals surface area contributed by atoms with Crippen LogP contribution in [-0.2, 0) is 4.74 Å². The van der Waals surface area contributed by atoms with Crippen LogP contribution < -0.4 is 5.32 Å². The molecular weight excluding hydrogens is 263 g/mol. The summed E-state index contributed by atoms with van der Waals surface area (Å²) in [4.78, 5) is 21.5. The maximum Gasteiger partial charge on any atom is 0.422 e. The Morgan fingerprint density at radius 2 is 2.12 bits per heavy atom. The van der Waals surface area contributed by atoms with Crippen LogP contribution in [0.25, 0.3) is 0 Å². The first-order valence-electron chi connectivity index (χ1n) is 4.11. The number of carboxylic acid groups (broad SMARTS) is 1. The number of hydrogen-bond donors (Lipinski definition) is 2. The zero-order valence-corrected chi connectivity index (χ0v) is 8.89. The van der Waals surface area contributed by atoms with Crippen LogP contribution >= 0.6 is 11.3 Å². The van der Waals surface area contributed by atoms with Gasteiger partial charge in [0.15, 0.2) is 6.61 Å². The van der Waals surface area contributed by atoms with Gasteiger partial charge in [-0.1, -0.05) is 0 Å². The van der Waals surface area contributed by atoms with Crippen LogP contribution in [0.3, 0.4) is 0 Å². The fraction of sp³-hybridized carbons (Fsp3) is 0.250. The van der Waals surface area contributed by atoms with Gasteiger partial charge in [0.1, 0.15) is 5.00 Å². The third-order valence-corrected chi connectivity index (χ3v) is 2.31. The molecule has 1 heterocycles. The van der Waals surface area contributed by atoms with Crippen molar-refractivity contribution in [2.24, 2.45) is 0 Å². The van der Waals surface area contributed by atoms with Crippen LogP contribution in [0, 0.1) is 0 Å². The monoisotopic (exact) mass is 269 g/mol. The number of thiophene rings is 1. The number of nitrogens with one attached hydrogen (secondary N) is 1. The second kappa shape index (κ2) is 5.04. The highest BCUT2D eigenvalue weighted by atomic mass is 32.1. The molecule has 0 saturated heterocycles. The minimum Gasteiger partial charge on any atom is -0.478 e. The Labute approximate surface area is 96.8 Å². The average Bonchev–Trinajstić information content (AvgIpc) is 2.62. The summed E-state index contributed by atoms with van der Waals surface area (Å²) in [6.07, 6.45) is -5.98. The van der Waals surface area contributed by atoms with E-state index in [0.717, 1.165) is 11.3 Å². The molecule has 0 fully saturated rings. The highest BCUT2D eigenvalue weighted by Gasteiger charge is 2.29. The van der Waals surface area contributed by atoms with Crippen molar-refractivity contribution in [3.63, 3.8) is 0 Å². The SMILES string of the molecule is O=C(Nc1sccc1C(=O)O)OCC(F)(F)F. The summed E-state index contributed by atoms with van der Waals surface area (Å²) in [6.45, 7) is -1.73. The molecule has 1 rings (SSSR count). The van der Waals surface area contributed by atoms with Gasteiger partial charge in [0.2, 0.25) is 0 Å². The fourth-order valence-corrected chi connectivity index (χ4v) is 1.62. The molecule has 0 aliphatic heterocycles. The molecule has 1 aromatic heterocycles. The number of alkyl halides is 3. The summed E-state index contributed by atoms with van der Waals surface area (Å²) >= 11 is 0.866. The van der Waals surface area contributed by atoms with Gasteiger partial charge >= 0.3 is 18.2 Å². The maximum atomic E-state index is 11.7. The van der Waals surface area contributed by atoms with E-state index in [1.54, 1.807) is 0 Å². The number of anilines is 1. The molecule has 0 atom stereocenters. The Hall–Kier alpha value is -1.77. The van der Waals surface area contributed by atoms with E-state index < -0.39 is 24.8 Å². The van der Waals surface area contributed by atoms with Gasteiger partial charge in [0, 0.05) is 0 Å². The molecule has 0 radical (unpaired) electrons. The number of carbonyl (C=O) groups excluding carboxylic acids is 1. The number of carboxylic acids is 1. The molecule has 17 heavy (non-hydrogen) atoms. The molecule has 0 bridgehead atoms. The van der Waals surface area contributed by atoms with Crippen molar-refractivity contribution >= 4 is 28.4 Å². The quantitative estimate of drug-likeness (QED) is 0.884. The lowest BCUT2D eigenvalue weighted by atomic mass is 10.3. The minimum absolute atomic E-state index is 0.0790. The first kappa shape index (κ1) is 13.3. The highest BCUT2D eigenvalue weighted by Crippen LogP contribution is 2.23. The number of halogens is 3.